The molecule has 0 aliphatic rings. The molecule has 146 valence electrons. The summed E-state index contributed by atoms with van der Waals surface area (Å²) >= 11 is 0. The summed E-state index contributed by atoms with van der Waals surface area (Å²) in [7, 11) is 0. The van der Waals surface area contributed by atoms with Crippen LogP contribution in [0.3, 0.4) is 0 Å². The molecule has 0 amide bonds. The number of nitrogens with one attached hydrogen (secondary N) is 1. The van der Waals surface area contributed by atoms with Crippen molar-refractivity contribution >= 4 is 0 Å². The second-order valence-corrected chi connectivity index (χ2v) is 7.64. The van der Waals surface area contributed by atoms with Gasteiger partial charge in [-0.05, 0) is 63.6 Å². The molecule has 0 rings (SSSR count). The van der Waals surface area contributed by atoms with Crippen molar-refractivity contribution in [3.63, 3.8) is 0 Å². The van der Waals surface area contributed by atoms with Crippen LogP contribution in [0.25, 0.3) is 0 Å². The van der Waals surface area contributed by atoms with E-state index in [2.05, 4.69) is 26.1 Å². The van der Waals surface area contributed by atoms with E-state index in [0.717, 1.165) is 25.9 Å². The number of aliphatic hydroxyl groups is 1. The largest absolute Gasteiger partial charge is 0.393 e. The highest BCUT2D eigenvalue weighted by molar-refractivity contribution is 4.72. The highest BCUT2D eigenvalue weighted by Crippen LogP contribution is 2.21. The fourth-order valence-corrected chi connectivity index (χ4v) is 3.47. The lowest BCUT2D eigenvalue weighted by Crippen LogP contribution is -2.28. The van der Waals surface area contributed by atoms with Gasteiger partial charge in [0.2, 0.25) is 0 Å². The Bertz CT molecular complexity index is 248. The smallest absolute Gasteiger partial charge is 0.0546 e. The van der Waals surface area contributed by atoms with Gasteiger partial charge in [0.25, 0.3) is 0 Å². The number of hydrogen-bond donors (Lipinski definition) is 3. The quantitative estimate of drug-likeness (QED) is 0.311. The van der Waals surface area contributed by atoms with Crippen molar-refractivity contribution in [2.24, 2.45) is 17.6 Å². The van der Waals surface area contributed by atoms with Gasteiger partial charge in [0.05, 0.1) is 6.10 Å². The number of unbranched alkanes of at least 4 members (excludes halogenated alkanes) is 5. The topological polar surface area (TPSA) is 58.3 Å². The van der Waals surface area contributed by atoms with Crippen molar-refractivity contribution in [1.82, 2.24) is 5.32 Å². The van der Waals surface area contributed by atoms with Gasteiger partial charge in [0.1, 0.15) is 0 Å². The van der Waals surface area contributed by atoms with E-state index >= 15 is 0 Å². The number of nitrogens with two attached hydrogens (primary N) is 1. The van der Waals surface area contributed by atoms with Crippen LogP contribution in [0.2, 0.25) is 0 Å². The molecule has 0 heterocycles. The normalized spacial score (nSPS) is 15.4. The Balaban J connectivity index is 4.08. The van der Waals surface area contributed by atoms with Crippen LogP contribution in [0, 0.1) is 11.8 Å². The lowest BCUT2D eigenvalue weighted by atomic mass is 9.89. The Morgan fingerprint density at radius 2 is 1.38 bits per heavy atom. The lowest BCUT2D eigenvalue weighted by molar-refractivity contribution is 0.109. The molecule has 0 aromatic rings. The molecule has 4 N–H and O–H groups in total. The molecule has 3 nitrogen and oxygen atoms in total. The van der Waals surface area contributed by atoms with Crippen LogP contribution >= 0.6 is 0 Å². The minimum absolute atomic E-state index is 0.181. The van der Waals surface area contributed by atoms with Crippen molar-refractivity contribution in [2.75, 3.05) is 19.6 Å². The third-order valence-electron chi connectivity index (χ3n) is 5.12. The van der Waals surface area contributed by atoms with E-state index in [-0.39, 0.29) is 6.10 Å². The number of aliphatic hydroxyl groups excluding tert-OH is 1. The zero-order valence-corrected chi connectivity index (χ0v) is 16.9. The van der Waals surface area contributed by atoms with E-state index in [1.54, 1.807) is 0 Å². The van der Waals surface area contributed by atoms with Crippen LogP contribution < -0.4 is 11.1 Å². The van der Waals surface area contributed by atoms with Gasteiger partial charge in [0, 0.05) is 0 Å². The predicted molar refractivity (Wildman–Crippen MR) is 107 cm³/mol. The van der Waals surface area contributed by atoms with Gasteiger partial charge in [-0.15, -0.1) is 0 Å². The SMILES string of the molecule is CCCCCCNCC(CCCC)CC(O)CC(CN)CCCC. The van der Waals surface area contributed by atoms with E-state index < -0.39 is 0 Å². The Labute approximate surface area is 152 Å². The first-order valence-corrected chi connectivity index (χ1v) is 10.8. The molecule has 0 aliphatic heterocycles. The van der Waals surface area contributed by atoms with Crippen LogP contribution in [-0.4, -0.2) is 30.8 Å². The van der Waals surface area contributed by atoms with Gasteiger partial charge in [-0.25, -0.2) is 0 Å². The zero-order valence-electron chi connectivity index (χ0n) is 16.9. The molecule has 0 radical (unpaired) electrons. The third kappa shape index (κ3) is 14.2. The Morgan fingerprint density at radius 3 is 1.96 bits per heavy atom. The van der Waals surface area contributed by atoms with E-state index in [1.807, 2.05) is 0 Å². The monoisotopic (exact) mass is 342 g/mol. The Kier molecular flexibility index (Phi) is 17.6. The molecule has 0 saturated carbocycles. The van der Waals surface area contributed by atoms with Gasteiger partial charge in [-0.1, -0.05) is 65.7 Å². The third-order valence-corrected chi connectivity index (χ3v) is 5.12. The molecule has 0 aromatic heterocycles. The summed E-state index contributed by atoms with van der Waals surface area (Å²) in [5.41, 5.74) is 5.89. The van der Waals surface area contributed by atoms with Crippen LogP contribution in [0.5, 0.6) is 0 Å². The van der Waals surface area contributed by atoms with Crippen molar-refractivity contribution in [1.29, 1.82) is 0 Å². The van der Waals surface area contributed by atoms with Crippen LogP contribution in [0.4, 0.5) is 0 Å². The summed E-state index contributed by atoms with van der Waals surface area (Å²) < 4.78 is 0. The van der Waals surface area contributed by atoms with Gasteiger partial charge in [0.15, 0.2) is 0 Å². The van der Waals surface area contributed by atoms with Crippen molar-refractivity contribution in [2.45, 2.75) is 104 Å². The maximum Gasteiger partial charge on any atom is 0.0546 e. The Hall–Kier alpha value is -0.120. The van der Waals surface area contributed by atoms with Gasteiger partial charge in [-0.2, -0.15) is 0 Å². The fourth-order valence-electron chi connectivity index (χ4n) is 3.47. The summed E-state index contributed by atoms with van der Waals surface area (Å²) in [6.07, 6.45) is 14.3. The van der Waals surface area contributed by atoms with E-state index in [9.17, 15) is 5.11 Å². The molecular formula is C21H46N2O. The van der Waals surface area contributed by atoms with Crippen molar-refractivity contribution in [3.05, 3.63) is 0 Å². The highest BCUT2D eigenvalue weighted by atomic mass is 16.3. The minimum atomic E-state index is -0.181. The summed E-state index contributed by atoms with van der Waals surface area (Å²) in [6.45, 7) is 9.63. The molecule has 0 spiro atoms. The maximum absolute atomic E-state index is 10.5. The maximum atomic E-state index is 10.5. The average Bonchev–Trinajstić information content (AvgIpc) is 2.59. The fraction of sp³-hybridized carbons (Fsp3) is 1.00. The lowest BCUT2D eigenvalue weighted by Gasteiger charge is -2.24. The summed E-state index contributed by atoms with van der Waals surface area (Å²) in [5.74, 6) is 1.10. The first-order valence-electron chi connectivity index (χ1n) is 10.8. The van der Waals surface area contributed by atoms with Gasteiger partial charge >= 0.3 is 0 Å². The number of hydrogen-bond acceptors (Lipinski definition) is 3. The van der Waals surface area contributed by atoms with Crippen LogP contribution in [-0.2, 0) is 0 Å². The van der Waals surface area contributed by atoms with Gasteiger partial charge in [-0.3, -0.25) is 0 Å². The van der Waals surface area contributed by atoms with Gasteiger partial charge < -0.3 is 16.2 Å². The summed E-state index contributed by atoms with van der Waals surface area (Å²) in [5, 5.41) is 14.1. The minimum Gasteiger partial charge on any atom is -0.393 e. The molecule has 0 aliphatic carbocycles. The van der Waals surface area contributed by atoms with E-state index in [4.69, 9.17) is 5.73 Å². The van der Waals surface area contributed by atoms with E-state index in [1.165, 1.54) is 64.2 Å². The Morgan fingerprint density at radius 1 is 0.792 bits per heavy atom. The summed E-state index contributed by atoms with van der Waals surface area (Å²) in [6, 6.07) is 0. The van der Waals surface area contributed by atoms with Crippen LogP contribution in [0.1, 0.15) is 97.8 Å². The zero-order chi connectivity index (χ0) is 18.0. The predicted octanol–water partition coefficient (Wildman–Crippen LogP) is 4.87. The molecular weight excluding hydrogens is 296 g/mol. The molecule has 0 aromatic carbocycles. The number of rotatable bonds is 18. The molecule has 3 atom stereocenters. The van der Waals surface area contributed by atoms with Crippen molar-refractivity contribution in [3.8, 4) is 0 Å². The standard InChI is InChI=1S/C21H46N2O/c1-4-7-10-11-14-23-18-20(13-9-6-3)16-21(24)15-19(17-22)12-8-5-2/h19-21,23-24H,4-18,22H2,1-3H3. The van der Waals surface area contributed by atoms with Crippen molar-refractivity contribution < 1.29 is 5.11 Å². The molecule has 3 heteroatoms. The van der Waals surface area contributed by atoms with Crippen LogP contribution in [0.15, 0.2) is 0 Å². The molecule has 0 saturated heterocycles. The molecule has 24 heavy (non-hydrogen) atoms. The second kappa shape index (κ2) is 17.7. The molecule has 0 bridgehead atoms. The van der Waals surface area contributed by atoms with E-state index in [0.29, 0.717) is 18.4 Å². The average molecular weight is 343 g/mol. The molecule has 3 unspecified atom stereocenters. The summed E-state index contributed by atoms with van der Waals surface area (Å²) in [4.78, 5) is 0. The first-order chi connectivity index (χ1) is 11.7. The first kappa shape index (κ1) is 23.9. The highest BCUT2D eigenvalue weighted by Gasteiger charge is 2.18. The molecule has 0 fully saturated rings. The second-order valence-electron chi connectivity index (χ2n) is 7.64.